The number of carbonyl (C=O) groups is 2. The van der Waals surface area contributed by atoms with Crippen molar-refractivity contribution in [1.29, 1.82) is 0 Å². The Morgan fingerprint density at radius 3 is 2.71 bits per heavy atom. The van der Waals surface area contributed by atoms with Crippen molar-refractivity contribution < 1.29 is 24.2 Å². The van der Waals surface area contributed by atoms with Gasteiger partial charge in [-0.15, -0.1) is 0 Å². The van der Waals surface area contributed by atoms with Crippen LogP contribution in [0.15, 0.2) is 30.3 Å². The smallest absolute Gasteiger partial charge is 0.410 e. The van der Waals surface area contributed by atoms with Gasteiger partial charge in [-0.1, -0.05) is 30.3 Å². The zero-order chi connectivity index (χ0) is 15.2. The number of nitrogens with zero attached hydrogens (tertiary/aromatic N) is 1. The van der Waals surface area contributed by atoms with Gasteiger partial charge in [0.25, 0.3) is 0 Å². The van der Waals surface area contributed by atoms with E-state index in [9.17, 15) is 14.7 Å². The van der Waals surface area contributed by atoms with E-state index in [2.05, 4.69) is 0 Å². The van der Waals surface area contributed by atoms with E-state index in [1.54, 1.807) is 0 Å². The zero-order valence-corrected chi connectivity index (χ0v) is 11.9. The van der Waals surface area contributed by atoms with Gasteiger partial charge in [0.2, 0.25) is 0 Å². The second-order valence-electron chi connectivity index (χ2n) is 4.99. The molecule has 0 spiro atoms. The second-order valence-corrected chi connectivity index (χ2v) is 4.99. The van der Waals surface area contributed by atoms with Gasteiger partial charge in [-0.25, -0.2) is 4.79 Å². The minimum Gasteiger partial charge on any atom is -0.458 e. The van der Waals surface area contributed by atoms with E-state index in [4.69, 9.17) is 9.47 Å². The summed E-state index contributed by atoms with van der Waals surface area (Å²) in [6, 6.07) is 9.37. The molecule has 1 N–H and O–H groups in total. The van der Waals surface area contributed by atoms with Crippen molar-refractivity contribution in [1.82, 2.24) is 4.90 Å². The fraction of sp³-hybridized carbons (Fsp3) is 0.467. The minimum absolute atomic E-state index is 0.147. The summed E-state index contributed by atoms with van der Waals surface area (Å²) in [5.41, 5.74) is 0.902. The summed E-state index contributed by atoms with van der Waals surface area (Å²) in [5, 5.41) is 9.77. The van der Waals surface area contributed by atoms with Crippen molar-refractivity contribution in [2.45, 2.75) is 32.2 Å². The highest BCUT2D eigenvalue weighted by Crippen LogP contribution is 2.16. The molecule has 1 aromatic carbocycles. The van der Waals surface area contributed by atoms with Crippen molar-refractivity contribution in [2.75, 3.05) is 13.1 Å². The Kier molecular flexibility index (Phi) is 5.16. The molecule has 21 heavy (non-hydrogen) atoms. The van der Waals surface area contributed by atoms with Gasteiger partial charge in [0.05, 0.1) is 12.6 Å². The van der Waals surface area contributed by atoms with Crippen LogP contribution in [0.3, 0.4) is 0 Å². The molecule has 1 fully saturated rings. The number of ether oxygens (including phenoxy) is 2. The molecular weight excluding hydrogens is 274 g/mol. The maximum atomic E-state index is 12.0. The molecule has 1 aromatic rings. The van der Waals surface area contributed by atoms with Crippen molar-refractivity contribution in [2.24, 2.45) is 0 Å². The van der Waals surface area contributed by atoms with Crippen molar-refractivity contribution in [3.8, 4) is 0 Å². The Balaban J connectivity index is 1.86. The van der Waals surface area contributed by atoms with Gasteiger partial charge in [0, 0.05) is 13.5 Å². The third-order valence-corrected chi connectivity index (χ3v) is 3.30. The standard InChI is InChI=1S/C15H19NO5/c1-11(17)21-14-9-16(8-7-13(14)18)15(19)20-10-12-5-3-2-4-6-12/h2-6,13-14,18H,7-10H2,1H3/t13-,14-/m1/s1. The molecule has 1 aliphatic rings. The van der Waals surface area contributed by atoms with E-state index in [-0.39, 0.29) is 13.2 Å². The maximum absolute atomic E-state index is 12.0. The molecule has 6 heteroatoms. The highest BCUT2D eigenvalue weighted by Gasteiger charge is 2.33. The highest BCUT2D eigenvalue weighted by molar-refractivity contribution is 5.68. The van der Waals surface area contributed by atoms with Gasteiger partial charge in [-0.05, 0) is 12.0 Å². The quantitative estimate of drug-likeness (QED) is 0.851. The van der Waals surface area contributed by atoms with Crippen LogP contribution >= 0.6 is 0 Å². The number of piperidine rings is 1. The SMILES string of the molecule is CC(=O)O[C@@H]1CN(C(=O)OCc2ccccc2)CC[C@H]1O. The molecular formula is C15H19NO5. The molecule has 114 valence electrons. The number of benzene rings is 1. The number of hydrogen-bond acceptors (Lipinski definition) is 5. The van der Waals surface area contributed by atoms with E-state index in [0.717, 1.165) is 5.56 Å². The predicted octanol–water partition coefficient (Wildman–Crippen LogP) is 1.32. The molecule has 0 aromatic heterocycles. The molecule has 2 atom stereocenters. The Morgan fingerprint density at radius 2 is 2.05 bits per heavy atom. The number of carbonyl (C=O) groups excluding carboxylic acids is 2. The third-order valence-electron chi connectivity index (χ3n) is 3.30. The number of likely N-dealkylation sites (tertiary alicyclic amines) is 1. The van der Waals surface area contributed by atoms with Crippen LogP contribution in [0.25, 0.3) is 0 Å². The van der Waals surface area contributed by atoms with E-state index >= 15 is 0 Å². The predicted molar refractivity (Wildman–Crippen MR) is 74.4 cm³/mol. The lowest BCUT2D eigenvalue weighted by molar-refractivity contribution is -0.156. The van der Waals surface area contributed by atoms with E-state index in [1.165, 1.54) is 11.8 Å². The van der Waals surface area contributed by atoms with Crippen LogP contribution in [0, 0.1) is 0 Å². The molecule has 0 unspecified atom stereocenters. The first-order valence-corrected chi connectivity index (χ1v) is 6.87. The van der Waals surface area contributed by atoms with E-state index in [0.29, 0.717) is 13.0 Å². The van der Waals surface area contributed by atoms with E-state index < -0.39 is 24.3 Å². The van der Waals surface area contributed by atoms with Crippen LogP contribution in [-0.2, 0) is 20.9 Å². The average Bonchev–Trinajstić information content (AvgIpc) is 2.47. The minimum atomic E-state index is -0.743. The Bertz CT molecular complexity index is 490. The molecule has 1 saturated heterocycles. The number of amides is 1. The second kappa shape index (κ2) is 7.08. The Labute approximate surface area is 123 Å². The fourth-order valence-electron chi connectivity index (χ4n) is 2.21. The number of rotatable bonds is 3. The summed E-state index contributed by atoms with van der Waals surface area (Å²) in [6.45, 7) is 2.00. The first-order chi connectivity index (χ1) is 10.1. The van der Waals surface area contributed by atoms with Crippen LogP contribution in [0.5, 0.6) is 0 Å². The summed E-state index contributed by atoms with van der Waals surface area (Å²) < 4.78 is 10.2. The normalized spacial score (nSPS) is 21.7. The van der Waals surface area contributed by atoms with Gasteiger partial charge in [0.15, 0.2) is 0 Å². The third kappa shape index (κ3) is 4.46. The lowest BCUT2D eigenvalue weighted by Crippen LogP contribution is -2.50. The molecule has 1 aliphatic heterocycles. The molecule has 0 bridgehead atoms. The summed E-state index contributed by atoms with van der Waals surface area (Å²) in [5.74, 6) is -0.474. The highest BCUT2D eigenvalue weighted by atomic mass is 16.6. The molecule has 1 amide bonds. The molecule has 2 rings (SSSR count). The van der Waals surface area contributed by atoms with Crippen LogP contribution in [0.1, 0.15) is 18.9 Å². The summed E-state index contributed by atoms with van der Waals surface area (Å²) in [4.78, 5) is 24.4. The molecule has 6 nitrogen and oxygen atoms in total. The van der Waals surface area contributed by atoms with Gasteiger partial charge in [-0.2, -0.15) is 0 Å². The molecule has 1 heterocycles. The zero-order valence-electron chi connectivity index (χ0n) is 11.9. The van der Waals surface area contributed by atoms with Crippen LogP contribution in [0.4, 0.5) is 4.79 Å². The monoisotopic (exact) mass is 293 g/mol. The van der Waals surface area contributed by atoms with Crippen LogP contribution in [0.2, 0.25) is 0 Å². The van der Waals surface area contributed by atoms with Gasteiger partial charge >= 0.3 is 12.1 Å². The van der Waals surface area contributed by atoms with Crippen molar-refractivity contribution >= 4 is 12.1 Å². The average molecular weight is 293 g/mol. The van der Waals surface area contributed by atoms with Crippen LogP contribution in [-0.4, -0.2) is 47.4 Å². The Morgan fingerprint density at radius 1 is 1.33 bits per heavy atom. The fourth-order valence-corrected chi connectivity index (χ4v) is 2.21. The first kappa shape index (κ1) is 15.3. The topological polar surface area (TPSA) is 76.1 Å². The number of aliphatic hydroxyl groups is 1. The first-order valence-electron chi connectivity index (χ1n) is 6.87. The lowest BCUT2D eigenvalue weighted by Gasteiger charge is -2.34. The lowest BCUT2D eigenvalue weighted by atomic mass is 10.1. The van der Waals surface area contributed by atoms with Gasteiger partial charge in [0.1, 0.15) is 12.7 Å². The Hall–Kier alpha value is -2.08. The van der Waals surface area contributed by atoms with E-state index in [1.807, 2.05) is 30.3 Å². The van der Waals surface area contributed by atoms with Gasteiger partial charge in [-0.3, -0.25) is 4.79 Å². The van der Waals surface area contributed by atoms with Crippen molar-refractivity contribution in [3.05, 3.63) is 35.9 Å². The molecule has 0 saturated carbocycles. The van der Waals surface area contributed by atoms with Gasteiger partial charge < -0.3 is 19.5 Å². The number of esters is 1. The summed E-state index contributed by atoms with van der Waals surface area (Å²) in [7, 11) is 0. The van der Waals surface area contributed by atoms with Crippen molar-refractivity contribution in [3.63, 3.8) is 0 Å². The number of aliphatic hydroxyl groups excluding tert-OH is 1. The summed E-state index contributed by atoms with van der Waals surface area (Å²) in [6.07, 6.45) is -1.55. The molecule has 0 aliphatic carbocycles. The maximum Gasteiger partial charge on any atom is 0.410 e. The largest absolute Gasteiger partial charge is 0.458 e. The van der Waals surface area contributed by atoms with Crippen LogP contribution < -0.4 is 0 Å². The molecule has 0 radical (unpaired) electrons. The summed E-state index contributed by atoms with van der Waals surface area (Å²) >= 11 is 0. The number of hydrogen-bond donors (Lipinski definition) is 1.